The summed E-state index contributed by atoms with van der Waals surface area (Å²) < 4.78 is 1.66. The van der Waals surface area contributed by atoms with Crippen molar-refractivity contribution < 1.29 is 0 Å². The van der Waals surface area contributed by atoms with Crippen molar-refractivity contribution in [2.45, 2.75) is 12.8 Å². The van der Waals surface area contributed by atoms with E-state index < -0.39 is 0 Å². The molecule has 1 aromatic carbocycles. The van der Waals surface area contributed by atoms with Gasteiger partial charge in [-0.25, -0.2) is 4.68 Å². The van der Waals surface area contributed by atoms with Crippen molar-refractivity contribution in [2.75, 3.05) is 11.9 Å². The van der Waals surface area contributed by atoms with E-state index in [1.807, 2.05) is 12.1 Å². The fourth-order valence-electron chi connectivity index (χ4n) is 3.39. The first-order valence-electron chi connectivity index (χ1n) is 7.14. The van der Waals surface area contributed by atoms with E-state index in [4.69, 9.17) is 0 Å². The summed E-state index contributed by atoms with van der Waals surface area (Å²) in [5, 5.41) is 14.7. The quantitative estimate of drug-likeness (QED) is 0.863. The molecule has 0 aliphatic heterocycles. The number of nitrogens with one attached hydrogen (secondary N) is 1. The molecular formula is C15H17N5. The number of hydrogen-bond donors (Lipinski definition) is 1. The largest absolute Gasteiger partial charge is 0.385 e. The molecule has 2 aromatic rings. The van der Waals surface area contributed by atoms with Gasteiger partial charge in [-0.3, -0.25) is 0 Å². The molecule has 1 fully saturated rings. The van der Waals surface area contributed by atoms with Crippen LogP contribution in [0.15, 0.2) is 42.7 Å². The zero-order valence-corrected chi connectivity index (χ0v) is 11.2. The zero-order valence-electron chi connectivity index (χ0n) is 11.2. The highest BCUT2D eigenvalue weighted by Crippen LogP contribution is 2.43. The SMILES string of the molecule is C1=CC2CC1CC2CNc1ccc(-n2cnnn2)cc1. The van der Waals surface area contributed by atoms with Crippen LogP contribution >= 0.6 is 0 Å². The van der Waals surface area contributed by atoms with Crippen LogP contribution in [-0.4, -0.2) is 26.8 Å². The first-order valence-corrected chi connectivity index (χ1v) is 7.14. The molecule has 102 valence electrons. The zero-order chi connectivity index (χ0) is 13.4. The fraction of sp³-hybridized carbons (Fsp3) is 0.400. The van der Waals surface area contributed by atoms with E-state index in [9.17, 15) is 0 Å². The fourth-order valence-corrected chi connectivity index (χ4v) is 3.39. The first-order chi connectivity index (χ1) is 9.88. The second-order valence-electron chi connectivity index (χ2n) is 5.72. The molecule has 2 aliphatic carbocycles. The minimum absolute atomic E-state index is 0.796. The highest BCUT2D eigenvalue weighted by Gasteiger charge is 2.35. The number of fused-ring (bicyclic) bond motifs is 2. The number of aromatic nitrogens is 4. The highest BCUT2D eigenvalue weighted by atomic mass is 15.5. The summed E-state index contributed by atoms with van der Waals surface area (Å²) in [7, 11) is 0. The molecule has 0 amide bonds. The van der Waals surface area contributed by atoms with E-state index in [0.717, 1.165) is 35.7 Å². The van der Waals surface area contributed by atoms with E-state index in [1.165, 1.54) is 12.8 Å². The molecule has 2 bridgehead atoms. The lowest BCUT2D eigenvalue weighted by Gasteiger charge is -2.19. The third-order valence-electron chi connectivity index (χ3n) is 4.47. The first kappa shape index (κ1) is 11.6. The van der Waals surface area contributed by atoms with E-state index in [-0.39, 0.29) is 0 Å². The molecule has 5 heteroatoms. The molecule has 0 spiro atoms. The van der Waals surface area contributed by atoms with Crippen molar-refractivity contribution in [3.8, 4) is 5.69 Å². The number of allylic oxidation sites excluding steroid dienone is 2. The van der Waals surface area contributed by atoms with Gasteiger partial charge in [-0.05, 0) is 65.3 Å². The summed E-state index contributed by atoms with van der Waals surface area (Å²) in [5.41, 5.74) is 2.14. The molecule has 3 unspecified atom stereocenters. The van der Waals surface area contributed by atoms with Crippen LogP contribution < -0.4 is 5.32 Å². The van der Waals surface area contributed by atoms with Crippen LogP contribution in [-0.2, 0) is 0 Å². The lowest BCUT2D eigenvalue weighted by molar-refractivity contribution is 0.472. The van der Waals surface area contributed by atoms with Crippen LogP contribution in [0, 0.1) is 17.8 Å². The molecular weight excluding hydrogens is 250 g/mol. The van der Waals surface area contributed by atoms with Gasteiger partial charge in [0.15, 0.2) is 0 Å². The Balaban J connectivity index is 1.39. The van der Waals surface area contributed by atoms with Crippen LogP contribution in [0.4, 0.5) is 5.69 Å². The second kappa shape index (κ2) is 4.74. The molecule has 1 saturated carbocycles. The van der Waals surface area contributed by atoms with Gasteiger partial charge >= 0.3 is 0 Å². The molecule has 20 heavy (non-hydrogen) atoms. The maximum Gasteiger partial charge on any atom is 0.143 e. The third kappa shape index (κ3) is 2.09. The summed E-state index contributed by atoms with van der Waals surface area (Å²) >= 11 is 0. The smallest absolute Gasteiger partial charge is 0.143 e. The van der Waals surface area contributed by atoms with Crippen LogP contribution in [0.5, 0.6) is 0 Å². The van der Waals surface area contributed by atoms with Crippen molar-refractivity contribution in [1.29, 1.82) is 0 Å². The lowest BCUT2D eigenvalue weighted by Crippen LogP contribution is -2.18. The number of nitrogens with zero attached hydrogens (tertiary/aromatic N) is 4. The number of rotatable bonds is 4. The van der Waals surface area contributed by atoms with Gasteiger partial charge in [0, 0.05) is 12.2 Å². The minimum atomic E-state index is 0.796. The predicted molar refractivity (Wildman–Crippen MR) is 76.5 cm³/mol. The van der Waals surface area contributed by atoms with Crippen molar-refractivity contribution in [2.24, 2.45) is 17.8 Å². The summed E-state index contributed by atoms with van der Waals surface area (Å²) in [4.78, 5) is 0. The Hall–Kier alpha value is -2.17. The van der Waals surface area contributed by atoms with Gasteiger partial charge in [-0.2, -0.15) is 0 Å². The topological polar surface area (TPSA) is 55.6 Å². The van der Waals surface area contributed by atoms with Gasteiger partial charge in [0.25, 0.3) is 0 Å². The van der Waals surface area contributed by atoms with E-state index in [1.54, 1.807) is 11.0 Å². The Kier molecular flexibility index (Phi) is 2.76. The highest BCUT2D eigenvalue weighted by molar-refractivity contribution is 5.48. The number of tetrazole rings is 1. The Morgan fingerprint density at radius 1 is 1.15 bits per heavy atom. The van der Waals surface area contributed by atoms with Crippen molar-refractivity contribution in [3.05, 3.63) is 42.7 Å². The molecule has 4 rings (SSSR count). The van der Waals surface area contributed by atoms with Crippen LogP contribution in [0.25, 0.3) is 5.69 Å². The number of hydrogen-bond acceptors (Lipinski definition) is 4. The molecule has 1 N–H and O–H groups in total. The number of benzene rings is 1. The van der Waals surface area contributed by atoms with Gasteiger partial charge in [0.2, 0.25) is 0 Å². The average Bonchev–Trinajstić information content (AvgIpc) is 3.22. The van der Waals surface area contributed by atoms with Gasteiger partial charge < -0.3 is 5.32 Å². The lowest BCUT2D eigenvalue weighted by atomic mass is 9.93. The normalized spacial score (nSPS) is 27.1. The van der Waals surface area contributed by atoms with Gasteiger partial charge in [-0.15, -0.1) is 5.10 Å². The maximum absolute atomic E-state index is 3.88. The summed E-state index contributed by atoms with van der Waals surface area (Å²) in [6, 6.07) is 8.22. The van der Waals surface area contributed by atoms with Crippen LogP contribution in [0.3, 0.4) is 0 Å². The maximum atomic E-state index is 3.88. The Morgan fingerprint density at radius 2 is 2.05 bits per heavy atom. The van der Waals surface area contributed by atoms with Crippen LogP contribution in [0.1, 0.15) is 12.8 Å². The van der Waals surface area contributed by atoms with E-state index in [0.29, 0.717) is 0 Å². The Labute approximate surface area is 117 Å². The minimum Gasteiger partial charge on any atom is -0.385 e. The summed E-state index contributed by atoms with van der Waals surface area (Å²) in [5.74, 6) is 2.44. The Morgan fingerprint density at radius 3 is 2.70 bits per heavy atom. The van der Waals surface area contributed by atoms with Gasteiger partial charge in [0.1, 0.15) is 6.33 Å². The average molecular weight is 267 g/mol. The molecule has 2 aliphatic rings. The molecule has 3 atom stereocenters. The van der Waals surface area contributed by atoms with Gasteiger partial charge in [-0.1, -0.05) is 12.2 Å². The third-order valence-corrected chi connectivity index (χ3v) is 4.47. The molecule has 1 aromatic heterocycles. The monoisotopic (exact) mass is 267 g/mol. The van der Waals surface area contributed by atoms with E-state index >= 15 is 0 Å². The predicted octanol–water partition coefficient (Wildman–Crippen LogP) is 2.29. The van der Waals surface area contributed by atoms with Crippen molar-refractivity contribution in [3.63, 3.8) is 0 Å². The van der Waals surface area contributed by atoms with Gasteiger partial charge in [0.05, 0.1) is 5.69 Å². The van der Waals surface area contributed by atoms with E-state index in [2.05, 4.69) is 45.1 Å². The number of anilines is 1. The van der Waals surface area contributed by atoms with Crippen molar-refractivity contribution in [1.82, 2.24) is 20.2 Å². The standard InChI is InChI=1S/C15H17N5/c1-2-12-7-11(1)8-13(12)9-16-14-3-5-15(6-4-14)20-10-17-18-19-20/h1-6,10-13,16H,7-9H2. The second-order valence-corrected chi connectivity index (χ2v) is 5.72. The molecule has 0 radical (unpaired) electrons. The molecule has 1 heterocycles. The molecule has 0 saturated heterocycles. The van der Waals surface area contributed by atoms with Crippen LogP contribution in [0.2, 0.25) is 0 Å². The Bertz CT molecular complexity index is 602. The summed E-state index contributed by atoms with van der Waals surface area (Å²) in [6.45, 7) is 1.07. The molecule has 5 nitrogen and oxygen atoms in total. The van der Waals surface area contributed by atoms with Crippen molar-refractivity contribution >= 4 is 5.69 Å². The summed E-state index contributed by atoms with van der Waals surface area (Å²) in [6.07, 6.45) is 9.11.